The van der Waals surface area contributed by atoms with E-state index in [9.17, 15) is 4.79 Å². The molecule has 0 bridgehead atoms. The van der Waals surface area contributed by atoms with E-state index in [0.717, 1.165) is 0 Å². The fourth-order valence-corrected chi connectivity index (χ4v) is 4.07. The van der Waals surface area contributed by atoms with Gasteiger partial charge in [0.15, 0.2) is 0 Å². The zero-order valence-electron chi connectivity index (χ0n) is 11.2. The molecule has 0 saturated heterocycles. The molecule has 0 radical (unpaired) electrons. The molecule has 1 atom stereocenters. The average molecular weight is 240 g/mol. The molecule has 1 aliphatic rings. The molecule has 1 aliphatic carbocycles. The van der Waals surface area contributed by atoms with Crippen molar-refractivity contribution in [1.29, 1.82) is 0 Å². The number of thioether (sulfide) groups is 1. The summed E-state index contributed by atoms with van der Waals surface area (Å²) >= 11 is 1.83. The number of rotatable bonds is 4. The highest BCUT2D eigenvalue weighted by atomic mass is 32.2. The van der Waals surface area contributed by atoms with Crippen LogP contribution >= 0.6 is 11.8 Å². The van der Waals surface area contributed by atoms with E-state index in [-0.39, 0.29) is 5.41 Å². The van der Waals surface area contributed by atoms with Crippen molar-refractivity contribution in [3.05, 3.63) is 11.1 Å². The van der Waals surface area contributed by atoms with Crippen LogP contribution in [0.2, 0.25) is 0 Å². The minimum absolute atomic E-state index is 0.283. The van der Waals surface area contributed by atoms with E-state index in [1.807, 2.05) is 11.8 Å². The summed E-state index contributed by atoms with van der Waals surface area (Å²) in [6.45, 7) is 8.61. The molecular weight excluding hydrogens is 216 g/mol. The molecule has 0 aromatic carbocycles. The molecule has 0 heterocycles. The Balaban J connectivity index is 3.00. The van der Waals surface area contributed by atoms with Crippen LogP contribution in [0, 0.1) is 5.41 Å². The average Bonchev–Trinajstić information content (AvgIpc) is 2.13. The largest absolute Gasteiger partial charge is 0.300 e. The number of hydrogen-bond acceptors (Lipinski definition) is 2. The summed E-state index contributed by atoms with van der Waals surface area (Å²) in [7, 11) is 0. The Kier molecular flexibility index (Phi) is 4.66. The zero-order valence-corrected chi connectivity index (χ0v) is 12.0. The highest BCUT2D eigenvalue weighted by Gasteiger charge is 2.33. The molecule has 0 fully saturated rings. The van der Waals surface area contributed by atoms with Gasteiger partial charge in [-0.05, 0) is 44.8 Å². The van der Waals surface area contributed by atoms with Crippen molar-refractivity contribution < 1.29 is 4.79 Å². The third-order valence-corrected chi connectivity index (χ3v) is 4.59. The van der Waals surface area contributed by atoms with Gasteiger partial charge in [-0.15, -0.1) is 0 Å². The standard InChI is InChI=1S/C14H24OS/c1-10-7-6-8-14(3,4)13(10)12(16-5)9-11(2)15/h12H,6-9H2,1-5H3. The Morgan fingerprint density at radius 2 is 2.12 bits per heavy atom. The normalized spacial score (nSPS) is 22.1. The van der Waals surface area contributed by atoms with Gasteiger partial charge in [0, 0.05) is 11.7 Å². The van der Waals surface area contributed by atoms with Crippen LogP contribution in [0.1, 0.15) is 53.4 Å². The lowest BCUT2D eigenvalue weighted by Gasteiger charge is -2.38. The number of Topliss-reactive ketones (excluding diaryl/α,β-unsaturated/α-hetero) is 1. The lowest BCUT2D eigenvalue weighted by atomic mass is 9.71. The van der Waals surface area contributed by atoms with E-state index in [0.29, 0.717) is 17.5 Å². The summed E-state index contributed by atoms with van der Waals surface area (Å²) in [5.41, 5.74) is 3.35. The van der Waals surface area contributed by atoms with Gasteiger partial charge < -0.3 is 0 Å². The number of ketones is 1. The minimum atomic E-state index is 0.283. The van der Waals surface area contributed by atoms with Gasteiger partial charge in [0.2, 0.25) is 0 Å². The molecule has 0 aromatic heterocycles. The molecule has 16 heavy (non-hydrogen) atoms. The highest BCUT2D eigenvalue weighted by Crippen LogP contribution is 2.45. The smallest absolute Gasteiger partial charge is 0.131 e. The van der Waals surface area contributed by atoms with Crippen molar-refractivity contribution in [2.45, 2.75) is 58.6 Å². The van der Waals surface area contributed by atoms with E-state index in [1.54, 1.807) is 12.5 Å². The Bertz CT molecular complexity index is 302. The quantitative estimate of drug-likeness (QED) is 0.684. The van der Waals surface area contributed by atoms with Gasteiger partial charge >= 0.3 is 0 Å². The monoisotopic (exact) mass is 240 g/mol. The van der Waals surface area contributed by atoms with E-state index in [2.05, 4.69) is 27.0 Å². The van der Waals surface area contributed by atoms with Crippen LogP contribution in [0.3, 0.4) is 0 Å². The number of allylic oxidation sites excluding steroid dienone is 1. The first kappa shape index (κ1) is 13.8. The van der Waals surface area contributed by atoms with Crippen molar-refractivity contribution in [2.24, 2.45) is 5.41 Å². The van der Waals surface area contributed by atoms with Crippen LogP contribution < -0.4 is 0 Å². The van der Waals surface area contributed by atoms with Gasteiger partial charge in [-0.25, -0.2) is 0 Å². The second-order valence-electron chi connectivity index (χ2n) is 5.56. The van der Waals surface area contributed by atoms with Crippen molar-refractivity contribution in [3.8, 4) is 0 Å². The number of hydrogen-bond donors (Lipinski definition) is 0. The van der Waals surface area contributed by atoms with Crippen LogP contribution in [0.25, 0.3) is 0 Å². The summed E-state index contributed by atoms with van der Waals surface area (Å²) in [6.07, 6.45) is 6.59. The van der Waals surface area contributed by atoms with Gasteiger partial charge in [0.1, 0.15) is 5.78 Å². The van der Waals surface area contributed by atoms with Crippen molar-refractivity contribution in [2.75, 3.05) is 6.26 Å². The van der Waals surface area contributed by atoms with E-state index >= 15 is 0 Å². The molecule has 2 heteroatoms. The maximum Gasteiger partial charge on any atom is 0.131 e. The minimum Gasteiger partial charge on any atom is -0.300 e. The maximum absolute atomic E-state index is 11.3. The zero-order chi connectivity index (χ0) is 12.3. The fraction of sp³-hybridized carbons (Fsp3) is 0.786. The Hall–Kier alpha value is -0.240. The third kappa shape index (κ3) is 3.13. The second kappa shape index (κ2) is 5.39. The van der Waals surface area contributed by atoms with Crippen molar-refractivity contribution in [1.82, 2.24) is 0 Å². The fourth-order valence-electron chi connectivity index (χ4n) is 2.92. The summed E-state index contributed by atoms with van der Waals surface area (Å²) in [4.78, 5) is 11.3. The molecule has 92 valence electrons. The summed E-state index contributed by atoms with van der Waals surface area (Å²) in [6, 6.07) is 0. The van der Waals surface area contributed by atoms with Gasteiger partial charge in [-0.2, -0.15) is 11.8 Å². The van der Waals surface area contributed by atoms with Gasteiger partial charge in [-0.1, -0.05) is 25.0 Å². The van der Waals surface area contributed by atoms with Crippen molar-refractivity contribution in [3.63, 3.8) is 0 Å². The highest BCUT2D eigenvalue weighted by molar-refractivity contribution is 7.99. The lowest BCUT2D eigenvalue weighted by Crippen LogP contribution is -2.28. The molecule has 1 nitrogen and oxygen atoms in total. The Labute approximate surface area is 104 Å². The van der Waals surface area contributed by atoms with Crippen LogP contribution in [0.15, 0.2) is 11.1 Å². The molecule has 0 amide bonds. The predicted molar refractivity (Wildman–Crippen MR) is 72.9 cm³/mol. The predicted octanol–water partition coefficient (Wildman–Crippen LogP) is 4.22. The van der Waals surface area contributed by atoms with Crippen LogP contribution in [0.5, 0.6) is 0 Å². The van der Waals surface area contributed by atoms with E-state index < -0.39 is 0 Å². The molecule has 0 aromatic rings. The summed E-state index contributed by atoms with van der Waals surface area (Å²) < 4.78 is 0. The third-order valence-electron chi connectivity index (χ3n) is 3.62. The van der Waals surface area contributed by atoms with Gasteiger partial charge in [-0.3, -0.25) is 4.79 Å². The summed E-state index contributed by atoms with van der Waals surface area (Å²) in [5.74, 6) is 0.307. The summed E-state index contributed by atoms with van der Waals surface area (Å²) in [5, 5.41) is 0.396. The molecule has 0 aliphatic heterocycles. The lowest BCUT2D eigenvalue weighted by molar-refractivity contribution is -0.116. The Morgan fingerprint density at radius 3 is 2.56 bits per heavy atom. The number of carbonyl (C=O) groups excluding carboxylic acids is 1. The topological polar surface area (TPSA) is 17.1 Å². The van der Waals surface area contributed by atoms with Crippen molar-refractivity contribution >= 4 is 17.5 Å². The molecule has 0 spiro atoms. The number of carbonyl (C=O) groups is 1. The van der Waals surface area contributed by atoms with Crippen LogP contribution in [0.4, 0.5) is 0 Å². The van der Waals surface area contributed by atoms with E-state index in [4.69, 9.17) is 0 Å². The SMILES string of the molecule is CSC(CC(C)=O)C1=C(C)CCCC1(C)C. The molecule has 1 unspecified atom stereocenters. The second-order valence-corrected chi connectivity index (χ2v) is 6.60. The molecule has 0 N–H and O–H groups in total. The van der Waals surface area contributed by atoms with E-state index in [1.165, 1.54) is 24.8 Å². The van der Waals surface area contributed by atoms with Crippen LogP contribution in [-0.2, 0) is 4.79 Å². The van der Waals surface area contributed by atoms with Gasteiger partial charge in [0.25, 0.3) is 0 Å². The first-order valence-electron chi connectivity index (χ1n) is 6.11. The Morgan fingerprint density at radius 1 is 1.50 bits per heavy atom. The maximum atomic E-state index is 11.3. The first-order valence-corrected chi connectivity index (χ1v) is 7.39. The first-order chi connectivity index (χ1) is 7.38. The molecular formula is C14H24OS. The van der Waals surface area contributed by atoms with Gasteiger partial charge in [0.05, 0.1) is 0 Å². The van der Waals surface area contributed by atoms with Crippen LogP contribution in [-0.4, -0.2) is 17.3 Å². The molecule has 1 rings (SSSR count). The molecule has 0 saturated carbocycles.